The molecule has 0 aromatic carbocycles. The van der Waals surface area contributed by atoms with Crippen LogP contribution in [0, 0.1) is 6.92 Å². The molecule has 0 radical (unpaired) electrons. The molecule has 0 spiro atoms. The maximum atomic E-state index is 5.03. The van der Waals surface area contributed by atoms with Crippen LogP contribution in [-0.2, 0) is 6.42 Å². The number of hydrogen-bond acceptors (Lipinski definition) is 5. The summed E-state index contributed by atoms with van der Waals surface area (Å²) < 4.78 is 5.03. The molecule has 5 heteroatoms. The highest BCUT2D eigenvalue weighted by Crippen LogP contribution is 2.13. The molecule has 1 N–H and O–H groups in total. The number of aromatic nitrogens is 2. The Bertz CT molecular complexity index is 379. The highest BCUT2D eigenvalue weighted by atomic mass is 16.5. The average molecular weight is 266 g/mol. The SMILES string of the molecule is CCCC1CN(CCc2noc(C)n2)C(CC)CN1. The van der Waals surface area contributed by atoms with Crippen LogP contribution >= 0.6 is 0 Å². The Hall–Kier alpha value is -0.940. The van der Waals surface area contributed by atoms with Gasteiger partial charge in [0.05, 0.1) is 0 Å². The van der Waals surface area contributed by atoms with Gasteiger partial charge in [0.1, 0.15) is 0 Å². The van der Waals surface area contributed by atoms with E-state index >= 15 is 0 Å². The lowest BCUT2D eigenvalue weighted by molar-refractivity contribution is 0.123. The van der Waals surface area contributed by atoms with Crippen molar-refractivity contribution in [3.8, 4) is 0 Å². The van der Waals surface area contributed by atoms with Gasteiger partial charge in [0.25, 0.3) is 0 Å². The maximum absolute atomic E-state index is 5.03. The van der Waals surface area contributed by atoms with Crippen LogP contribution in [0.15, 0.2) is 4.52 Å². The predicted octanol–water partition coefficient (Wildman–Crippen LogP) is 1.77. The first-order valence-electron chi connectivity index (χ1n) is 7.49. The van der Waals surface area contributed by atoms with Crippen molar-refractivity contribution >= 4 is 0 Å². The molecule has 0 bridgehead atoms. The minimum Gasteiger partial charge on any atom is -0.340 e. The summed E-state index contributed by atoms with van der Waals surface area (Å²) >= 11 is 0. The van der Waals surface area contributed by atoms with E-state index in [0.29, 0.717) is 18.0 Å². The Balaban J connectivity index is 1.87. The number of hydrogen-bond donors (Lipinski definition) is 1. The van der Waals surface area contributed by atoms with Gasteiger partial charge in [-0.05, 0) is 12.8 Å². The number of piperazine rings is 1. The van der Waals surface area contributed by atoms with Crippen LogP contribution in [0.25, 0.3) is 0 Å². The van der Waals surface area contributed by atoms with Gasteiger partial charge in [-0.25, -0.2) is 0 Å². The fourth-order valence-corrected chi connectivity index (χ4v) is 2.83. The molecule has 2 atom stereocenters. The van der Waals surface area contributed by atoms with Crippen molar-refractivity contribution in [2.45, 2.75) is 58.5 Å². The van der Waals surface area contributed by atoms with Crippen molar-refractivity contribution in [3.05, 3.63) is 11.7 Å². The van der Waals surface area contributed by atoms with Crippen LogP contribution < -0.4 is 5.32 Å². The molecule has 0 saturated carbocycles. The second-order valence-electron chi connectivity index (χ2n) is 5.43. The summed E-state index contributed by atoms with van der Waals surface area (Å²) in [5.41, 5.74) is 0. The van der Waals surface area contributed by atoms with Crippen LogP contribution in [-0.4, -0.2) is 46.8 Å². The second kappa shape index (κ2) is 7.01. The number of aryl methyl sites for hydroxylation is 1. The average Bonchev–Trinajstić information content (AvgIpc) is 2.83. The normalized spacial score (nSPS) is 24.8. The van der Waals surface area contributed by atoms with E-state index in [1.165, 1.54) is 19.3 Å². The molecule has 2 unspecified atom stereocenters. The van der Waals surface area contributed by atoms with Gasteiger partial charge in [-0.2, -0.15) is 4.98 Å². The Kier molecular flexibility index (Phi) is 5.34. The van der Waals surface area contributed by atoms with Crippen molar-refractivity contribution < 1.29 is 4.52 Å². The van der Waals surface area contributed by atoms with E-state index < -0.39 is 0 Å². The lowest BCUT2D eigenvalue weighted by atomic mass is 10.0. The minimum absolute atomic E-state index is 0.639. The minimum atomic E-state index is 0.639. The molecule has 0 aliphatic carbocycles. The predicted molar refractivity (Wildman–Crippen MR) is 75.1 cm³/mol. The molecule has 1 aromatic rings. The molecule has 1 aromatic heterocycles. The molecule has 5 nitrogen and oxygen atoms in total. The zero-order valence-electron chi connectivity index (χ0n) is 12.4. The molecular formula is C14H26N4O. The molecule has 1 aliphatic heterocycles. The Morgan fingerprint density at radius 1 is 1.42 bits per heavy atom. The molecule has 0 amide bonds. The Morgan fingerprint density at radius 3 is 2.89 bits per heavy atom. The molecule has 108 valence electrons. The van der Waals surface area contributed by atoms with E-state index in [9.17, 15) is 0 Å². The van der Waals surface area contributed by atoms with E-state index in [2.05, 4.69) is 34.2 Å². The summed E-state index contributed by atoms with van der Waals surface area (Å²) in [5, 5.41) is 7.64. The summed E-state index contributed by atoms with van der Waals surface area (Å²) in [6.45, 7) is 9.63. The summed E-state index contributed by atoms with van der Waals surface area (Å²) in [4.78, 5) is 6.87. The monoisotopic (exact) mass is 266 g/mol. The lowest BCUT2D eigenvalue weighted by Gasteiger charge is -2.40. The smallest absolute Gasteiger partial charge is 0.223 e. The van der Waals surface area contributed by atoms with Crippen molar-refractivity contribution in [1.29, 1.82) is 0 Å². The summed E-state index contributed by atoms with van der Waals surface area (Å²) in [7, 11) is 0. The largest absolute Gasteiger partial charge is 0.340 e. The number of nitrogens with zero attached hydrogens (tertiary/aromatic N) is 3. The third kappa shape index (κ3) is 4.01. The first kappa shape index (κ1) is 14.5. The lowest BCUT2D eigenvalue weighted by Crippen LogP contribution is -2.56. The second-order valence-corrected chi connectivity index (χ2v) is 5.43. The molecule has 2 heterocycles. The van der Waals surface area contributed by atoms with Gasteiger partial charge in [0.2, 0.25) is 5.89 Å². The van der Waals surface area contributed by atoms with E-state index in [1.807, 2.05) is 6.92 Å². The standard InChI is InChI=1S/C14H26N4O/c1-4-6-12-10-18(13(5-2)9-15-12)8-7-14-16-11(3)19-17-14/h12-13,15H,4-10H2,1-3H3. The van der Waals surface area contributed by atoms with Gasteiger partial charge >= 0.3 is 0 Å². The van der Waals surface area contributed by atoms with Gasteiger partial charge in [0, 0.05) is 45.1 Å². The van der Waals surface area contributed by atoms with Crippen molar-refractivity contribution in [1.82, 2.24) is 20.4 Å². The molecule has 1 fully saturated rings. The summed E-state index contributed by atoms with van der Waals surface area (Å²) in [6.07, 6.45) is 4.57. The zero-order chi connectivity index (χ0) is 13.7. The van der Waals surface area contributed by atoms with Crippen molar-refractivity contribution in [2.75, 3.05) is 19.6 Å². The van der Waals surface area contributed by atoms with Crippen LogP contribution in [0.2, 0.25) is 0 Å². The topological polar surface area (TPSA) is 54.2 Å². The van der Waals surface area contributed by atoms with E-state index in [-0.39, 0.29) is 0 Å². The van der Waals surface area contributed by atoms with Gasteiger partial charge < -0.3 is 9.84 Å². The zero-order valence-corrected chi connectivity index (χ0v) is 12.4. The molecule has 2 rings (SSSR count). The fraction of sp³-hybridized carbons (Fsp3) is 0.857. The summed E-state index contributed by atoms with van der Waals surface area (Å²) in [5.74, 6) is 1.49. The third-order valence-electron chi connectivity index (χ3n) is 3.91. The molecular weight excluding hydrogens is 240 g/mol. The number of rotatable bonds is 6. The van der Waals surface area contributed by atoms with E-state index in [0.717, 1.165) is 31.9 Å². The van der Waals surface area contributed by atoms with E-state index in [1.54, 1.807) is 0 Å². The van der Waals surface area contributed by atoms with Gasteiger partial charge in [-0.1, -0.05) is 25.4 Å². The summed E-state index contributed by atoms with van der Waals surface area (Å²) in [6, 6.07) is 1.28. The Morgan fingerprint density at radius 2 is 2.26 bits per heavy atom. The third-order valence-corrected chi connectivity index (χ3v) is 3.91. The van der Waals surface area contributed by atoms with Crippen LogP contribution in [0.4, 0.5) is 0 Å². The van der Waals surface area contributed by atoms with E-state index in [4.69, 9.17) is 4.52 Å². The van der Waals surface area contributed by atoms with Gasteiger partial charge in [-0.15, -0.1) is 0 Å². The van der Waals surface area contributed by atoms with Crippen LogP contribution in [0.5, 0.6) is 0 Å². The highest BCUT2D eigenvalue weighted by Gasteiger charge is 2.26. The van der Waals surface area contributed by atoms with Gasteiger partial charge in [0.15, 0.2) is 5.82 Å². The van der Waals surface area contributed by atoms with Crippen molar-refractivity contribution in [2.24, 2.45) is 0 Å². The molecule has 1 saturated heterocycles. The van der Waals surface area contributed by atoms with Crippen LogP contribution in [0.1, 0.15) is 44.8 Å². The van der Waals surface area contributed by atoms with Gasteiger partial charge in [-0.3, -0.25) is 4.90 Å². The fourth-order valence-electron chi connectivity index (χ4n) is 2.83. The number of nitrogens with one attached hydrogen (secondary N) is 1. The highest BCUT2D eigenvalue weighted by molar-refractivity contribution is 4.89. The van der Waals surface area contributed by atoms with Crippen molar-refractivity contribution in [3.63, 3.8) is 0 Å². The Labute approximate surface area is 115 Å². The maximum Gasteiger partial charge on any atom is 0.223 e. The van der Waals surface area contributed by atoms with Crippen LogP contribution in [0.3, 0.4) is 0 Å². The quantitative estimate of drug-likeness (QED) is 0.850. The first-order chi connectivity index (χ1) is 9.22. The molecule has 19 heavy (non-hydrogen) atoms. The first-order valence-corrected chi connectivity index (χ1v) is 7.49. The molecule has 1 aliphatic rings.